The average molecular weight is 256 g/mol. The summed E-state index contributed by atoms with van der Waals surface area (Å²) in [5.41, 5.74) is 3.30. The molecule has 3 N–H and O–H groups in total. The molecule has 7 heteroatoms. The van der Waals surface area contributed by atoms with Crippen LogP contribution >= 0.6 is 0 Å². The molecular formula is C11H11F3N4. The number of halogens is 3. The molecule has 1 atom stereocenters. The van der Waals surface area contributed by atoms with E-state index >= 15 is 0 Å². The molecule has 0 radical (unpaired) electrons. The van der Waals surface area contributed by atoms with E-state index in [1.54, 1.807) is 6.92 Å². The fourth-order valence-corrected chi connectivity index (χ4v) is 1.52. The smallest absolute Gasteiger partial charge is 0.355 e. The molecule has 0 amide bonds. The zero-order chi connectivity index (χ0) is 13.4. The van der Waals surface area contributed by atoms with Crippen LogP contribution in [0.1, 0.15) is 11.5 Å². The summed E-state index contributed by atoms with van der Waals surface area (Å²) in [6.45, 7) is 1.65. The summed E-state index contributed by atoms with van der Waals surface area (Å²) in [4.78, 5) is 7.93. The zero-order valence-corrected chi connectivity index (χ0v) is 9.49. The van der Waals surface area contributed by atoms with Gasteiger partial charge in [-0.3, -0.25) is 5.73 Å². The molecule has 18 heavy (non-hydrogen) atoms. The monoisotopic (exact) mass is 256 g/mol. The van der Waals surface area contributed by atoms with Crippen molar-refractivity contribution >= 4 is 5.70 Å². The molecule has 0 bridgehead atoms. The van der Waals surface area contributed by atoms with Crippen LogP contribution in [-0.4, -0.2) is 21.8 Å². The first-order chi connectivity index (χ1) is 8.32. The molecule has 96 valence electrons. The average Bonchev–Trinajstić information content (AvgIpc) is 2.27. The lowest BCUT2D eigenvalue weighted by molar-refractivity contribution is -0.176. The first-order valence-corrected chi connectivity index (χ1v) is 5.15. The lowest BCUT2D eigenvalue weighted by Crippen LogP contribution is -2.62. The first kappa shape index (κ1) is 12.6. The Labute approximate surface area is 101 Å². The predicted octanol–water partition coefficient (Wildman–Crippen LogP) is 1.50. The summed E-state index contributed by atoms with van der Waals surface area (Å²) < 4.78 is 38.4. The van der Waals surface area contributed by atoms with Crippen LogP contribution in [0, 0.1) is 6.92 Å². The van der Waals surface area contributed by atoms with Crippen LogP contribution in [0.3, 0.4) is 0 Å². The summed E-state index contributed by atoms with van der Waals surface area (Å²) in [5.74, 6) is 0.472. The SMILES string of the molecule is Cc1nccc(C2=CC=CC(N)(C(F)(F)F)N2)n1. The van der Waals surface area contributed by atoms with Crippen molar-refractivity contribution in [3.8, 4) is 0 Å². The van der Waals surface area contributed by atoms with E-state index in [0.29, 0.717) is 11.5 Å². The second kappa shape index (κ2) is 4.09. The highest BCUT2D eigenvalue weighted by atomic mass is 19.4. The van der Waals surface area contributed by atoms with Gasteiger partial charge in [0, 0.05) is 6.20 Å². The lowest BCUT2D eigenvalue weighted by atomic mass is 10.1. The van der Waals surface area contributed by atoms with E-state index in [1.165, 1.54) is 24.4 Å². The molecule has 0 spiro atoms. The van der Waals surface area contributed by atoms with E-state index in [2.05, 4.69) is 15.3 Å². The highest BCUT2D eigenvalue weighted by molar-refractivity contribution is 5.65. The molecule has 1 aromatic heterocycles. The molecule has 0 fully saturated rings. The Morgan fingerprint density at radius 2 is 2.11 bits per heavy atom. The third-order valence-corrected chi connectivity index (χ3v) is 2.48. The molecule has 0 saturated carbocycles. The molecule has 1 aliphatic rings. The Kier molecular flexibility index (Phi) is 2.86. The van der Waals surface area contributed by atoms with Crippen molar-refractivity contribution in [1.82, 2.24) is 15.3 Å². The third-order valence-electron chi connectivity index (χ3n) is 2.48. The maximum Gasteiger partial charge on any atom is 0.428 e. The van der Waals surface area contributed by atoms with Gasteiger partial charge in [-0.25, -0.2) is 9.97 Å². The lowest BCUT2D eigenvalue weighted by Gasteiger charge is -2.33. The van der Waals surface area contributed by atoms with Crippen molar-refractivity contribution < 1.29 is 13.2 Å². The second-order valence-electron chi connectivity index (χ2n) is 3.92. The van der Waals surface area contributed by atoms with Gasteiger partial charge in [0.05, 0.1) is 11.4 Å². The third kappa shape index (κ3) is 2.21. The maximum absolute atomic E-state index is 12.8. The van der Waals surface area contributed by atoms with E-state index in [4.69, 9.17) is 5.73 Å². The standard InChI is InChI=1S/C11H11F3N4/c1-7-16-6-4-8(17-7)9-3-2-5-10(15,18-9)11(12,13)14/h2-6,18H,15H2,1H3. The molecule has 0 aromatic carbocycles. The fraction of sp³-hybridized carbons (Fsp3) is 0.273. The number of allylic oxidation sites excluding steroid dienone is 2. The number of rotatable bonds is 1. The molecule has 2 rings (SSSR count). The summed E-state index contributed by atoms with van der Waals surface area (Å²) >= 11 is 0. The van der Waals surface area contributed by atoms with Gasteiger partial charge in [-0.2, -0.15) is 13.2 Å². The van der Waals surface area contributed by atoms with Crippen LogP contribution < -0.4 is 11.1 Å². The van der Waals surface area contributed by atoms with Crippen molar-refractivity contribution in [2.24, 2.45) is 5.73 Å². The molecule has 1 aromatic rings. The molecule has 2 heterocycles. The van der Waals surface area contributed by atoms with E-state index < -0.39 is 11.8 Å². The molecule has 4 nitrogen and oxygen atoms in total. The molecular weight excluding hydrogens is 245 g/mol. The Hall–Kier alpha value is -1.89. The highest BCUT2D eigenvalue weighted by Gasteiger charge is 2.51. The Balaban J connectivity index is 2.33. The number of aryl methyl sites for hydroxylation is 1. The van der Waals surface area contributed by atoms with Crippen LogP contribution in [-0.2, 0) is 0 Å². The van der Waals surface area contributed by atoms with Gasteiger partial charge < -0.3 is 5.32 Å². The minimum atomic E-state index is -4.59. The fourth-order valence-electron chi connectivity index (χ4n) is 1.52. The van der Waals surface area contributed by atoms with E-state index in [-0.39, 0.29) is 5.70 Å². The number of hydrogen-bond acceptors (Lipinski definition) is 4. The van der Waals surface area contributed by atoms with Crippen molar-refractivity contribution in [2.45, 2.75) is 18.8 Å². The van der Waals surface area contributed by atoms with E-state index in [0.717, 1.165) is 6.08 Å². The van der Waals surface area contributed by atoms with Crippen LogP contribution in [0.15, 0.2) is 30.5 Å². The van der Waals surface area contributed by atoms with Crippen molar-refractivity contribution in [2.75, 3.05) is 0 Å². The molecule has 1 unspecified atom stereocenters. The molecule has 1 aliphatic heterocycles. The Morgan fingerprint density at radius 1 is 1.39 bits per heavy atom. The van der Waals surface area contributed by atoms with Gasteiger partial charge in [0.25, 0.3) is 0 Å². The number of nitrogens with two attached hydrogens (primary N) is 1. The summed E-state index contributed by atoms with van der Waals surface area (Å²) in [6, 6.07) is 1.52. The number of nitrogens with zero attached hydrogens (tertiary/aromatic N) is 2. The minimum absolute atomic E-state index is 0.211. The normalized spacial score (nSPS) is 23.5. The largest absolute Gasteiger partial charge is 0.428 e. The van der Waals surface area contributed by atoms with Crippen molar-refractivity contribution in [3.63, 3.8) is 0 Å². The number of hydrogen-bond donors (Lipinski definition) is 2. The Morgan fingerprint density at radius 3 is 2.72 bits per heavy atom. The van der Waals surface area contributed by atoms with Gasteiger partial charge >= 0.3 is 6.18 Å². The van der Waals surface area contributed by atoms with Gasteiger partial charge in [-0.1, -0.05) is 6.08 Å². The zero-order valence-electron chi connectivity index (χ0n) is 9.49. The van der Waals surface area contributed by atoms with Crippen molar-refractivity contribution in [3.05, 3.63) is 42.0 Å². The van der Waals surface area contributed by atoms with Crippen molar-refractivity contribution in [1.29, 1.82) is 0 Å². The van der Waals surface area contributed by atoms with Gasteiger partial charge in [-0.05, 0) is 25.1 Å². The highest BCUT2D eigenvalue weighted by Crippen LogP contribution is 2.31. The quantitative estimate of drug-likeness (QED) is 0.799. The number of alkyl halides is 3. The van der Waals surface area contributed by atoms with Crippen LogP contribution in [0.5, 0.6) is 0 Å². The van der Waals surface area contributed by atoms with Gasteiger partial charge in [0.2, 0.25) is 5.66 Å². The number of nitrogens with one attached hydrogen (secondary N) is 1. The van der Waals surface area contributed by atoms with Gasteiger partial charge in [-0.15, -0.1) is 0 Å². The number of dihydropyridines is 1. The Bertz CT molecular complexity index is 521. The topological polar surface area (TPSA) is 63.8 Å². The molecule has 0 saturated heterocycles. The number of aromatic nitrogens is 2. The first-order valence-electron chi connectivity index (χ1n) is 5.15. The summed E-state index contributed by atoms with van der Waals surface area (Å²) in [5, 5.41) is 2.25. The van der Waals surface area contributed by atoms with Crippen LogP contribution in [0.25, 0.3) is 5.70 Å². The summed E-state index contributed by atoms with van der Waals surface area (Å²) in [7, 11) is 0. The molecule has 0 aliphatic carbocycles. The predicted molar refractivity (Wildman–Crippen MR) is 60.0 cm³/mol. The van der Waals surface area contributed by atoms with Gasteiger partial charge in [0.1, 0.15) is 5.82 Å². The maximum atomic E-state index is 12.8. The van der Waals surface area contributed by atoms with E-state index in [9.17, 15) is 13.2 Å². The second-order valence-corrected chi connectivity index (χ2v) is 3.92. The van der Waals surface area contributed by atoms with E-state index in [1.807, 2.05) is 0 Å². The van der Waals surface area contributed by atoms with Crippen LogP contribution in [0.2, 0.25) is 0 Å². The summed E-state index contributed by atoms with van der Waals surface area (Å²) in [6.07, 6.45) is 0.495. The van der Waals surface area contributed by atoms with Crippen LogP contribution in [0.4, 0.5) is 13.2 Å². The van der Waals surface area contributed by atoms with Gasteiger partial charge in [0.15, 0.2) is 0 Å². The minimum Gasteiger partial charge on any atom is -0.355 e.